The second kappa shape index (κ2) is 3.95. The van der Waals surface area contributed by atoms with Gasteiger partial charge in [0.25, 0.3) is 0 Å². The average Bonchev–Trinajstić information content (AvgIpc) is 2.67. The van der Waals surface area contributed by atoms with Crippen LogP contribution in [0, 0.1) is 12.3 Å². The molecule has 0 saturated carbocycles. The summed E-state index contributed by atoms with van der Waals surface area (Å²) in [4.78, 5) is 13.6. The van der Waals surface area contributed by atoms with Crippen LogP contribution < -0.4 is 16.4 Å². The molecule has 1 fully saturated rings. The predicted molar refractivity (Wildman–Crippen MR) is 69.7 cm³/mol. The minimum absolute atomic E-state index is 0.222. The average molecular weight is 233 g/mol. The third-order valence-corrected chi connectivity index (χ3v) is 3.70. The van der Waals surface area contributed by atoms with E-state index in [9.17, 15) is 4.79 Å². The lowest BCUT2D eigenvalue weighted by Crippen LogP contribution is -2.37. The van der Waals surface area contributed by atoms with E-state index in [2.05, 4.69) is 4.90 Å². The summed E-state index contributed by atoms with van der Waals surface area (Å²) in [6.45, 7) is 5.43. The molecular weight excluding hydrogens is 214 g/mol. The van der Waals surface area contributed by atoms with Gasteiger partial charge in [-0.15, -0.1) is 0 Å². The zero-order valence-electron chi connectivity index (χ0n) is 10.4. The monoisotopic (exact) mass is 233 g/mol. The highest BCUT2D eigenvalue weighted by Crippen LogP contribution is 2.33. The Balaban J connectivity index is 2.21. The lowest BCUT2D eigenvalue weighted by Gasteiger charge is -2.23. The topological polar surface area (TPSA) is 72.3 Å². The highest BCUT2D eigenvalue weighted by molar-refractivity contribution is 5.82. The van der Waals surface area contributed by atoms with Crippen LogP contribution in [0.1, 0.15) is 18.9 Å². The van der Waals surface area contributed by atoms with E-state index in [-0.39, 0.29) is 5.91 Å². The third kappa shape index (κ3) is 2.07. The molecule has 17 heavy (non-hydrogen) atoms. The SMILES string of the molecule is Cc1ccc(N2CCC(C)(C(N)=O)C2)cc1N. The van der Waals surface area contributed by atoms with E-state index < -0.39 is 5.41 Å². The lowest BCUT2D eigenvalue weighted by molar-refractivity contribution is -0.125. The molecule has 1 aliphatic heterocycles. The number of primary amides is 1. The number of hydrogen-bond donors (Lipinski definition) is 2. The van der Waals surface area contributed by atoms with Crippen LogP contribution in [0.5, 0.6) is 0 Å². The van der Waals surface area contributed by atoms with E-state index in [4.69, 9.17) is 11.5 Å². The van der Waals surface area contributed by atoms with Gasteiger partial charge in [0, 0.05) is 24.5 Å². The number of benzene rings is 1. The summed E-state index contributed by atoms with van der Waals surface area (Å²) in [7, 11) is 0. The molecule has 92 valence electrons. The lowest BCUT2D eigenvalue weighted by atomic mass is 9.89. The standard InChI is InChI=1S/C13H19N3O/c1-9-3-4-10(7-11(9)14)16-6-5-13(2,8-16)12(15)17/h3-4,7H,5-6,8,14H2,1-2H3,(H2,15,17). The molecule has 4 N–H and O–H groups in total. The van der Waals surface area contributed by atoms with Crippen LogP contribution in [-0.4, -0.2) is 19.0 Å². The minimum Gasteiger partial charge on any atom is -0.398 e. The molecule has 1 amide bonds. The molecule has 0 radical (unpaired) electrons. The molecule has 2 rings (SSSR count). The fourth-order valence-corrected chi connectivity index (χ4v) is 2.21. The first-order valence-electron chi connectivity index (χ1n) is 5.83. The van der Waals surface area contributed by atoms with Gasteiger partial charge in [-0.1, -0.05) is 6.07 Å². The van der Waals surface area contributed by atoms with E-state index >= 15 is 0 Å². The van der Waals surface area contributed by atoms with Crippen LogP contribution in [0.4, 0.5) is 11.4 Å². The molecule has 0 bridgehead atoms. The van der Waals surface area contributed by atoms with Crippen molar-refractivity contribution in [3.8, 4) is 0 Å². The smallest absolute Gasteiger partial charge is 0.225 e. The van der Waals surface area contributed by atoms with E-state index in [1.165, 1.54) is 0 Å². The minimum atomic E-state index is -0.417. The molecule has 1 aromatic rings. The van der Waals surface area contributed by atoms with Crippen LogP contribution in [0.15, 0.2) is 18.2 Å². The third-order valence-electron chi connectivity index (χ3n) is 3.70. The highest BCUT2D eigenvalue weighted by atomic mass is 16.1. The second-order valence-corrected chi connectivity index (χ2v) is 5.14. The molecule has 4 nitrogen and oxygen atoms in total. The number of nitrogens with two attached hydrogens (primary N) is 2. The van der Waals surface area contributed by atoms with E-state index in [1.54, 1.807) is 0 Å². The molecular formula is C13H19N3O. The summed E-state index contributed by atoms with van der Waals surface area (Å²) >= 11 is 0. The van der Waals surface area contributed by atoms with Crippen molar-refractivity contribution in [2.24, 2.45) is 11.1 Å². The van der Waals surface area contributed by atoms with Gasteiger partial charge in [0.1, 0.15) is 0 Å². The Kier molecular flexibility index (Phi) is 2.73. The largest absolute Gasteiger partial charge is 0.398 e. The Morgan fingerprint density at radius 3 is 2.71 bits per heavy atom. The maximum absolute atomic E-state index is 11.4. The molecule has 1 atom stereocenters. The summed E-state index contributed by atoms with van der Waals surface area (Å²) in [6, 6.07) is 6.01. The van der Waals surface area contributed by atoms with Gasteiger partial charge in [0.2, 0.25) is 5.91 Å². The van der Waals surface area contributed by atoms with Crippen molar-refractivity contribution in [3.05, 3.63) is 23.8 Å². The second-order valence-electron chi connectivity index (χ2n) is 5.14. The Bertz CT molecular complexity index is 458. The van der Waals surface area contributed by atoms with Gasteiger partial charge in [-0.05, 0) is 38.0 Å². The van der Waals surface area contributed by atoms with Crippen molar-refractivity contribution in [2.45, 2.75) is 20.3 Å². The van der Waals surface area contributed by atoms with Crippen LogP contribution in [0.3, 0.4) is 0 Å². The van der Waals surface area contributed by atoms with E-state index in [0.717, 1.165) is 29.9 Å². The fourth-order valence-electron chi connectivity index (χ4n) is 2.21. The summed E-state index contributed by atoms with van der Waals surface area (Å²) in [5.41, 5.74) is 13.8. The van der Waals surface area contributed by atoms with Crippen molar-refractivity contribution in [1.29, 1.82) is 0 Å². The van der Waals surface area contributed by atoms with Gasteiger partial charge in [-0.2, -0.15) is 0 Å². The predicted octanol–water partition coefficient (Wildman–Crippen LogP) is 1.28. The summed E-state index contributed by atoms with van der Waals surface area (Å²) in [5.74, 6) is -0.222. The first kappa shape index (κ1) is 11.8. The normalized spacial score (nSPS) is 24.0. The van der Waals surface area contributed by atoms with Gasteiger partial charge in [-0.25, -0.2) is 0 Å². The molecule has 1 aliphatic rings. The summed E-state index contributed by atoms with van der Waals surface area (Å²) in [6.07, 6.45) is 0.802. The van der Waals surface area contributed by atoms with Gasteiger partial charge >= 0.3 is 0 Å². The van der Waals surface area contributed by atoms with E-state index in [1.807, 2.05) is 32.0 Å². The molecule has 1 heterocycles. The fraction of sp³-hybridized carbons (Fsp3) is 0.462. The van der Waals surface area contributed by atoms with Gasteiger partial charge in [0.05, 0.1) is 5.41 Å². The first-order chi connectivity index (χ1) is 7.92. The molecule has 1 saturated heterocycles. The van der Waals surface area contributed by atoms with Crippen molar-refractivity contribution in [2.75, 3.05) is 23.7 Å². The van der Waals surface area contributed by atoms with Crippen LogP contribution in [-0.2, 0) is 4.79 Å². The zero-order chi connectivity index (χ0) is 12.6. The van der Waals surface area contributed by atoms with Gasteiger partial charge in [0.15, 0.2) is 0 Å². The zero-order valence-corrected chi connectivity index (χ0v) is 10.4. The molecule has 0 spiro atoms. The molecule has 0 aliphatic carbocycles. The Hall–Kier alpha value is -1.71. The number of rotatable bonds is 2. The number of hydrogen-bond acceptors (Lipinski definition) is 3. The molecule has 1 unspecified atom stereocenters. The van der Waals surface area contributed by atoms with Gasteiger partial charge in [-0.3, -0.25) is 4.79 Å². The Labute approximate surface area is 102 Å². The molecule has 0 aromatic heterocycles. The number of nitrogens with zero attached hydrogens (tertiary/aromatic N) is 1. The number of anilines is 2. The van der Waals surface area contributed by atoms with Crippen LogP contribution in [0.2, 0.25) is 0 Å². The maximum Gasteiger partial charge on any atom is 0.225 e. The summed E-state index contributed by atoms with van der Waals surface area (Å²) in [5, 5.41) is 0. The van der Waals surface area contributed by atoms with Crippen molar-refractivity contribution < 1.29 is 4.79 Å². The number of aryl methyl sites for hydroxylation is 1. The van der Waals surface area contributed by atoms with Crippen molar-refractivity contribution in [3.63, 3.8) is 0 Å². The maximum atomic E-state index is 11.4. The van der Waals surface area contributed by atoms with Crippen LogP contribution >= 0.6 is 0 Å². The number of carbonyl (C=O) groups excluding carboxylic acids is 1. The summed E-state index contributed by atoms with van der Waals surface area (Å²) < 4.78 is 0. The van der Waals surface area contributed by atoms with Crippen LogP contribution in [0.25, 0.3) is 0 Å². The first-order valence-corrected chi connectivity index (χ1v) is 5.83. The number of carbonyl (C=O) groups is 1. The number of amides is 1. The number of nitrogen functional groups attached to an aromatic ring is 1. The molecule has 4 heteroatoms. The Morgan fingerprint density at radius 2 is 2.18 bits per heavy atom. The molecule has 1 aromatic carbocycles. The van der Waals surface area contributed by atoms with Crippen molar-refractivity contribution >= 4 is 17.3 Å². The van der Waals surface area contributed by atoms with Gasteiger partial charge < -0.3 is 16.4 Å². The quantitative estimate of drug-likeness (QED) is 0.756. The van der Waals surface area contributed by atoms with Crippen molar-refractivity contribution in [1.82, 2.24) is 0 Å². The highest BCUT2D eigenvalue weighted by Gasteiger charge is 2.38. The van der Waals surface area contributed by atoms with E-state index in [0.29, 0.717) is 6.54 Å². The Morgan fingerprint density at radius 1 is 1.47 bits per heavy atom.